The van der Waals surface area contributed by atoms with Crippen LogP contribution in [0, 0.1) is 0 Å². The number of hydrogen-bond acceptors (Lipinski definition) is 5. The van der Waals surface area contributed by atoms with Gasteiger partial charge in [-0.25, -0.2) is 0 Å². The van der Waals surface area contributed by atoms with Crippen LogP contribution in [0.1, 0.15) is 0 Å². The molecule has 0 saturated heterocycles. The van der Waals surface area contributed by atoms with Gasteiger partial charge >= 0.3 is 0 Å². The Morgan fingerprint density at radius 3 is 2.74 bits per heavy atom. The van der Waals surface area contributed by atoms with Gasteiger partial charge in [-0.05, 0) is 12.1 Å². The van der Waals surface area contributed by atoms with Gasteiger partial charge in [-0.2, -0.15) is 9.90 Å². The summed E-state index contributed by atoms with van der Waals surface area (Å²) in [5, 5.41) is 16.6. The molecule has 0 bridgehead atoms. The minimum absolute atomic E-state index is 0.527. The zero-order chi connectivity index (χ0) is 13.1. The second-order valence-corrected chi connectivity index (χ2v) is 4.01. The summed E-state index contributed by atoms with van der Waals surface area (Å²) in [6.07, 6.45) is 3.48. The number of nitrogens with zero attached hydrogens (tertiary/aromatic N) is 6. The minimum atomic E-state index is 0.527. The van der Waals surface area contributed by atoms with E-state index in [0.29, 0.717) is 24.5 Å². The average molecular weight is 255 g/mol. The largest absolute Gasteiger partial charge is 0.329 e. The Morgan fingerprint density at radius 2 is 1.95 bits per heavy atom. The van der Waals surface area contributed by atoms with Crippen molar-refractivity contribution < 1.29 is 0 Å². The van der Waals surface area contributed by atoms with E-state index in [4.69, 9.17) is 5.73 Å². The van der Waals surface area contributed by atoms with E-state index in [0.717, 1.165) is 5.69 Å². The molecule has 96 valence electrons. The second kappa shape index (κ2) is 4.99. The van der Waals surface area contributed by atoms with Gasteiger partial charge in [-0.1, -0.05) is 23.4 Å². The Bertz CT molecular complexity index is 656. The highest BCUT2D eigenvalue weighted by atomic mass is 15.5. The van der Waals surface area contributed by atoms with Gasteiger partial charge in [0.15, 0.2) is 0 Å². The average Bonchev–Trinajstić information content (AvgIpc) is 3.08. The number of benzene rings is 1. The van der Waals surface area contributed by atoms with Crippen LogP contribution in [-0.4, -0.2) is 36.5 Å². The normalized spacial score (nSPS) is 10.8. The third-order valence-electron chi connectivity index (χ3n) is 2.64. The van der Waals surface area contributed by atoms with Gasteiger partial charge in [0.2, 0.25) is 0 Å². The quantitative estimate of drug-likeness (QED) is 0.732. The van der Waals surface area contributed by atoms with E-state index in [2.05, 4.69) is 20.5 Å². The molecule has 7 heteroatoms. The van der Waals surface area contributed by atoms with Gasteiger partial charge in [-0.15, -0.1) is 10.2 Å². The zero-order valence-electron chi connectivity index (χ0n) is 10.2. The molecule has 0 atom stereocenters. The van der Waals surface area contributed by atoms with Crippen LogP contribution in [0.25, 0.3) is 17.1 Å². The lowest BCUT2D eigenvalue weighted by Gasteiger charge is -1.96. The van der Waals surface area contributed by atoms with Gasteiger partial charge in [0.25, 0.3) is 0 Å². The molecular weight excluding hydrogens is 242 g/mol. The molecule has 0 aliphatic heterocycles. The van der Waals surface area contributed by atoms with Crippen LogP contribution >= 0.6 is 0 Å². The smallest absolute Gasteiger partial charge is 0.135 e. The molecule has 1 aromatic carbocycles. The highest BCUT2D eigenvalue weighted by molar-refractivity contribution is 5.50. The summed E-state index contributed by atoms with van der Waals surface area (Å²) in [6.45, 7) is 1.17. The van der Waals surface area contributed by atoms with Crippen LogP contribution in [0.3, 0.4) is 0 Å². The fraction of sp³-hybridized carbons (Fsp3) is 0.167. The Balaban J connectivity index is 1.88. The lowest BCUT2D eigenvalue weighted by Crippen LogP contribution is -2.10. The van der Waals surface area contributed by atoms with Crippen molar-refractivity contribution in [3.63, 3.8) is 0 Å². The van der Waals surface area contributed by atoms with Crippen molar-refractivity contribution in [1.29, 1.82) is 0 Å². The molecule has 0 aliphatic rings. The highest BCUT2D eigenvalue weighted by Crippen LogP contribution is 2.13. The van der Waals surface area contributed by atoms with E-state index in [-0.39, 0.29) is 0 Å². The van der Waals surface area contributed by atoms with E-state index in [1.165, 1.54) is 0 Å². The second-order valence-electron chi connectivity index (χ2n) is 4.01. The molecule has 0 aliphatic carbocycles. The molecule has 19 heavy (non-hydrogen) atoms. The Kier molecular flexibility index (Phi) is 3.03. The molecule has 0 radical (unpaired) electrons. The number of aromatic nitrogens is 6. The van der Waals surface area contributed by atoms with Crippen molar-refractivity contribution in [2.24, 2.45) is 5.73 Å². The minimum Gasteiger partial charge on any atom is -0.329 e. The van der Waals surface area contributed by atoms with Gasteiger partial charge in [0, 0.05) is 6.54 Å². The molecule has 7 nitrogen and oxygen atoms in total. The maximum Gasteiger partial charge on any atom is 0.135 e. The first-order valence-electron chi connectivity index (χ1n) is 5.95. The van der Waals surface area contributed by atoms with Crippen LogP contribution < -0.4 is 5.73 Å². The summed E-state index contributed by atoms with van der Waals surface area (Å²) in [5.74, 6) is 0. The molecule has 2 N–H and O–H groups in total. The van der Waals surface area contributed by atoms with Crippen LogP contribution in [0.15, 0.2) is 42.7 Å². The molecule has 0 saturated carbocycles. The predicted octanol–water partition coefficient (Wildman–Crippen LogP) is 0.484. The Morgan fingerprint density at radius 1 is 1.11 bits per heavy atom. The fourth-order valence-corrected chi connectivity index (χ4v) is 1.72. The van der Waals surface area contributed by atoms with Crippen molar-refractivity contribution in [3.8, 4) is 17.1 Å². The lowest BCUT2D eigenvalue weighted by atomic mass is 10.3. The van der Waals surface area contributed by atoms with Crippen LogP contribution in [0.5, 0.6) is 0 Å². The third kappa shape index (κ3) is 2.36. The van der Waals surface area contributed by atoms with Gasteiger partial charge in [-0.3, -0.25) is 4.68 Å². The maximum atomic E-state index is 5.47. The first-order valence-corrected chi connectivity index (χ1v) is 5.95. The zero-order valence-corrected chi connectivity index (χ0v) is 10.2. The molecule has 0 unspecified atom stereocenters. The van der Waals surface area contributed by atoms with E-state index in [1.54, 1.807) is 15.7 Å². The number of hydrogen-bond donors (Lipinski definition) is 1. The summed E-state index contributed by atoms with van der Waals surface area (Å²) in [6, 6.07) is 9.71. The van der Waals surface area contributed by atoms with E-state index in [1.807, 2.05) is 36.5 Å². The number of rotatable bonds is 4. The Hall–Kier alpha value is -2.54. The summed E-state index contributed by atoms with van der Waals surface area (Å²) in [7, 11) is 0. The lowest BCUT2D eigenvalue weighted by molar-refractivity contribution is 0.598. The monoisotopic (exact) mass is 255 g/mol. The summed E-state index contributed by atoms with van der Waals surface area (Å²) < 4.78 is 1.69. The first-order chi connectivity index (χ1) is 9.36. The van der Waals surface area contributed by atoms with Crippen LogP contribution in [0.4, 0.5) is 0 Å². The molecule has 2 heterocycles. The Labute approximate surface area is 109 Å². The maximum absolute atomic E-state index is 5.47. The molecular formula is C12H13N7. The van der Waals surface area contributed by atoms with Crippen LogP contribution in [0.2, 0.25) is 0 Å². The third-order valence-corrected chi connectivity index (χ3v) is 2.64. The molecule has 3 rings (SSSR count). The molecule has 2 aromatic heterocycles. The van der Waals surface area contributed by atoms with Crippen molar-refractivity contribution in [1.82, 2.24) is 30.0 Å². The van der Waals surface area contributed by atoms with E-state index in [9.17, 15) is 0 Å². The number of para-hydroxylation sites is 1. The van der Waals surface area contributed by atoms with Crippen molar-refractivity contribution in [2.75, 3.05) is 6.54 Å². The van der Waals surface area contributed by atoms with E-state index < -0.39 is 0 Å². The van der Waals surface area contributed by atoms with Crippen molar-refractivity contribution in [3.05, 3.63) is 42.7 Å². The highest BCUT2D eigenvalue weighted by Gasteiger charge is 2.09. The number of nitrogens with two attached hydrogens (primary N) is 1. The summed E-state index contributed by atoms with van der Waals surface area (Å²) in [4.78, 5) is 1.57. The first kappa shape index (κ1) is 11.5. The molecule has 0 fully saturated rings. The summed E-state index contributed by atoms with van der Waals surface area (Å²) >= 11 is 0. The summed E-state index contributed by atoms with van der Waals surface area (Å²) in [5.41, 5.74) is 7.75. The van der Waals surface area contributed by atoms with E-state index >= 15 is 0 Å². The standard InChI is InChI=1S/C12H13N7/c13-6-7-18-9-12(15-17-18)11-8-14-19(16-11)10-4-2-1-3-5-10/h1-5,8-9H,6-7,13H2. The van der Waals surface area contributed by atoms with Crippen molar-refractivity contribution in [2.45, 2.75) is 6.54 Å². The van der Waals surface area contributed by atoms with Gasteiger partial charge < -0.3 is 5.73 Å². The topological polar surface area (TPSA) is 87.4 Å². The SMILES string of the molecule is NCCn1cc(-c2cnn(-c3ccccc3)n2)nn1. The van der Waals surface area contributed by atoms with Crippen molar-refractivity contribution >= 4 is 0 Å². The van der Waals surface area contributed by atoms with Gasteiger partial charge in [0.05, 0.1) is 24.6 Å². The fourth-order valence-electron chi connectivity index (χ4n) is 1.72. The van der Waals surface area contributed by atoms with Crippen LogP contribution in [-0.2, 0) is 6.54 Å². The predicted molar refractivity (Wildman–Crippen MR) is 69.4 cm³/mol. The molecule has 0 spiro atoms. The van der Waals surface area contributed by atoms with Gasteiger partial charge in [0.1, 0.15) is 11.4 Å². The molecule has 0 amide bonds. The molecule has 3 aromatic rings.